The van der Waals surface area contributed by atoms with Gasteiger partial charge in [-0.05, 0) is 12.8 Å². The minimum atomic E-state index is -0.443. The Morgan fingerprint density at radius 1 is 1.31 bits per heavy atom. The highest BCUT2D eigenvalue weighted by atomic mass is 16.3. The van der Waals surface area contributed by atoms with Gasteiger partial charge in [0, 0.05) is 24.8 Å². The molecule has 11 heteroatoms. The third kappa shape index (κ3) is 3.27. The molecule has 4 heterocycles. The van der Waals surface area contributed by atoms with Gasteiger partial charge in [0.2, 0.25) is 5.89 Å². The fourth-order valence-corrected chi connectivity index (χ4v) is 3.12. The number of nitrogens with zero attached hydrogens (tertiary/aromatic N) is 6. The number of amides is 1. The molecule has 4 aromatic rings. The quantitative estimate of drug-likeness (QED) is 0.464. The Labute approximate surface area is 163 Å². The average Bonchev–Trinajstić information content (AvgIpc) is 3.45. The van der Waals surface area contributed by atoms with E-state index >= 15 is 0 Å². The molecule has 0 unspecified atom stereocenters. The van der Waals surface area contributed by atoms with Gasteiger partial charge in [-0.2, -0.15) is 10.2 Å². The van der Waals surface area contributed by atoms with Crippen molar-refractivity contribution in [2.45, 2.75) is 25.0 Å². The molecule has 0 atom stereocenters. The maximum absolute atomic E-state index is 12.7. The van der Waals surface area contributed by atoms with Crippen molar-refractivity contribution in [2.24, 2.45) is 0 Å². The molecule has 29 heavy (non-hydrogen) atoms. The lowest BCUT2D eigenvalue weighted by molar-refractivity contribution is 0.0435. The number of anilines is 1. The van der Waals surface area contributed by atoms with E-state index in [0.717, 1.165) is 0 Å². The van der Waals surface area contributed by atoms with E-state index in [2.05, 4.69) is 35.6 Å². The van der Waals surface area contributed by atoms with Crippen LogP contribution in [0.15, 0.2) is 47.9 Å². The van der Waals surface area contributed by atoms with Gasteiger partial charge in [0.25, 0.3) is 5.91 Å². The summed E-state index contributed by atoms with van der Waals surface area (Å²) in [6.45, 7) is 0. The summed E-state index contributed by atoms with van der Waals surface area (Å²) in [6, 6.07) is 0.0748. The molecule has 146 valence electrons. The summed E-state index contributed by atoms with van der Waals surface area (Å²) in [4.78, 5) is 25.3. The zero-order chi connectivity index (χ0) is 19.8. The van der Waals surface area contributed by atoms with Crippen LogP contribution < -0.4 is 5.32 Å². The molecule has 1 aliphatic carbocycles. The predicted molar refractivity (Wildman–Crippen MR) is 99.6 cm³/mol. The van der Waals surface area contributed by atoms with E-state index in [4.69, 9.17) is 4.42 Å². The third-order valence-corrected chi connectivity index (χ3v) is 4.73. The normalized spacial score (nSPS) is 18.4. The summed E-state index contributed by atoms with van der Waals surface area (Å²) >= 11 is 0. The number of aliphatic hydroxyl groups is 1. The molecule has 0 bridgehead atoms. The lowest BCUT2D eigenvalue weighted by atomic mass is 9.90. The number of hydrogen-bond donors (Lipinski definition) is 3. The first-order chi connectivity index (χ1) is 14.2. The number of oxazole rings is 1. The highest BCUT2D eigenvalue weighted by molar-refractivity contribution is 6.04. The van der Waals surface area contributed by atoms with Gasteiger partial charge in [-0.1, -0.05) is 0 Å². The van der Waals surface area contributed by atoms with Gasteiger partial charge in [0.1, 0.15) is 17.7 Å². The molecule has 0 radical (unpaired) electrons. The molecular formula is C18H16N8O3. The number of H-pyrrole nitrogens is 1. The van der Waals surface area contributed by atoms with Crippen molar-refractivity contribution < 1.29 is 14.3 Å². The molecule has 0 saturated heterocycles. The molecule has 4 aromatic heterocycles. The minimum Gasteiger partial charge on any atom is -0.444 e. The van der Waals surface area contributed by atoms with E-state index in [1.54, 1.807) is 41.9 Å². The van der Waals surface area contributed by atoms with Crippen molar-refractivity contribution in [3.05, 3.63) is 49.1 Å². The highest BCUT2D eigenvalue weighted by Gasteiger charge is 2.31. The molecule has 1 aliphatic rings. The fraction of sp³-hybridized carbons (Fsp3) is 0.222. The van der Waals surface area contributed by atoms with Crippen molar-refractivity contribution >= 4 is 11.6 Å². The Morgan fingerprint density at radius 2 is 2.21 bits per heavy atom. The van der Waals surface area contributed by atoms with Gasteiger partial charge >= 0.3 is 0 Å². The zero-order valence-electron chi connectivity index (χ0n) is 15.1. The van der Waals surface area contributed by atoms with Crippen molar-refractivity contribution in [1.82, 2.24) is 34.9 Å². The maximum atomic E-state index is 12.7. The Balaban J connectivity index is 1.43. The molecule has 1 amide bonds. The molecule has 0 spiro atoms. The Hall–Kier alpha value is -3.86. The highest BCUT2D eigenvalue weighted by Crippen LogP contribution is 2.35. The van der Waals surface area contributed by atoms with Crippen LogP contribution >= 0.6 is 0 Å². The average molecular weight is 392 g/mol. The van der Waals surface area contributed by atoms with Crippen molar-refractivity contribution in [3.63, 3.8) is 0 Å². The van der Waals surface area contributed by atoms with Gasteiger partial charge in [-0.3, -0.25) is 24.5 Å². The smallest absolute Gasteiger partial charge is 0.277 e. The van der Waals surface area contributed by atoms with Crippen LogP contribution in [0.1, 0.15) is 29.4 Å². The molecule has 5 rings (SSSR count). The zero-order valence-corrected chi connectivity index (χ0v) is 15.1. The van der Waals surface area contributed by atoms with E-state index in [0.29, 0.717) is 35.5 Å². The van der Waals surface area contributed by atoms with E-state index < -0.39 is 5.91 Å². The van der Waals surface area contributed by atoms with Crippen molar-refractivity contribution in [1.29, 1.82) is 0 Å². The predicted octanol–water partition coefficient (Wildman–Crippen LogP) is 1.67. The molecule has 11 nitrogen and oxygen atoms in total. The Bertz CT molecular complexity index is 1130. The second-order valence-electron chi connectivity index (χ2n) is 6.72. The SMILES string of the molecule is O=C(Nc1cn(C2CC(O)C2)nc1-c1cnccn1)c1coc(-c2cn[nH]c2)n1. The van der Waals surface area contributed by atoms with E-state index in [-0.39, 0.29) is 23.7 Å². The number of carbonyl (C=O) groups excluding carboxylic acids is 1. The summed E-state index contributed by atoms with van der Waals surface area (Å²) in [5.74, 6) is -0.154. The Kier molecular flexibility index (Phi) is 4.13. The summed E-state index contributed by atoms with van der Waals surface area (Å²) in [6.07, 6.45) is 11.8. The maximum Gasteiger partial charge on any atom is 0.277 e. The first-order valence-electron chi connectivity index (χ1n) is 8.97. The first kappa shape index (κ1) is 17.3. The van der Waals surface area contributed by atoms with Crippen LogP contribution in [-0.2, 0) is 0 Å². The monoisotopic (exact) mass is 392 g/mol. The number of carbonyl (C=O) groups is 1. The van der Waals surface area contributed by atoms with E-state index in [9.17, 15) is 9.90 Å². The number of nitrogens with one attached hydrogen (secondary N) is 2. The lowest BCUT2D eigenvalue weighted by Crippen LogP contribution is -2.31. The standard InChI is InChI=1S/C18H16N8O3/c27-12-3-11(4-12)26-8-14(16(25-26)13-7-19-1-2-20-13)23-17(28)15-9-29-18(24-15)10-5-21-22-6-10/h1-2,5-9,11-12,27H,3-4H2,(H,21,22)(H,23,28). The summed E-state index contributed by atoms with van der Waals surface area (Å²) in [7, 11) is 0. The number of aromatic amines is 1. The van der Waals surface area contributed by atoms with Gasteiger partial charge in [-0.15, -0.1) is 0 Å². The van der Waals surface area contributed by atoms with Gasteiger partial charge < -0.3 is 14.8 Å². The number of rotatable bonds is 5. The van der Waals surface area contributed by atoms with Crippen LogP contribution in [0.4, 0.5) is 5.69 Å². The van der Waals surface area contributed by atoms with Crippen LogP contribution in [0, 0.1) is 0 Å². The minimum absolute atomic E-state index is 0.0748. The molecule has 1 fully saturated rings. The second-order valence-corrected chi connectivity index (χ2v) is 6.72. The van der Waals surface area contributed by atoms with Gasteiger partial charge in [0.15, 0.2) is 5.69 Å². The first-order valence-corrected chi connectivity index (χ1v) is 8.97. The van der Waals surface area contributed by atoms with Crippen LogP contribution in [-0.4, -0.2) is 52.0 Å². The molecular weight excluding hydrogens is 376 g/mol. The Morgan fingerprint density at radius 3 is 2.93 bits per heavy atom. The van der Waals surface area contributed by atoms with E-state index in [1.165, 1.54) is 6.26 Å². The number of aliphatic hydroxyl groups excluding tert-OH is 1. The van der Waals surface area contributed by atoms with Crippen LogP contribution in [0.3, 0.4) is 0 Å². The van der Waals surface area contributed by atoms with E-state index in [1.807, 2.05) is 0 Å². The summed E-state index contributed by atoms with van der Waals surface area (Å²) in [5.41, 5.74) is 2.26. The van der Waals surface area contributed by atoms with Gasteiger partial charge in [-0.25, -0.2) is 4.98 Å². The topological polar surface area (TPSA) is 148 Å². The fourth-order valence-electron chi connectivity index (χ4n) is 3.12. The van der Waals surface area contributed by atoms with Crippen molar-refractivity contribution in [3.8, 4) is 22.8 Å². The molecule has 3 N–H and O–H groups in total. The molecule has 0 aromatic carbocycles. The summed E-state index contributed by atoms with van der Waals surface area (Å²) in [5, 5.41) is 23.5. The number of aromatic nitrogens is 7. The summed E-state index contributed by atoms with van der Waals surface area (Å²) < 4.78 is 7.10. The van der Waals surface area contributed by atoms with Crippen LogP contribution in [0.25, 0.3) is 22.8 Å². The molecule has 1 saturated carbocycles. The van der Waals surface area contributed by atoms with Gasteiger partial charge in [0.05, 0.1) is 35.8 Å². The lowest BCUT2D eigenvalue weighted by Gasteiger charge is -2.31. The number of hydrogen-bond acceptors (Lipinski definition) is 8. The molecule has 0 aliphatic heterocycles. The second kappa shape index (κ2) is 6.95. The largest absolute Gasteiger partial charge is 0.444 e. The van der Waals surface area contributed by atoms with Crippen LogP contribution in [0.2, 0.25) is 0 Å². The van der Waals surface area contributed by atoms with Crippen LogP contribution in [0.5, 0.6) is 0 Å². The van der Waals surface area contributed by atoms with Crippen molar-refractivity contribution in [2.75, 3.05) is 5.32 Å². The third-order valence-electron chi connectivity index (χ3n) is 4.73.